The molecule has 0 bridgehead atoms. The summed E-state index contributed by atoms with van der Waals surface area (Å²) in [5.41, 5.74) is 1.88. The molecule has 2 aromatic rings. The molecule has 150 valence electrons. The van der Waals surface area contributed by atoms with Crippen molar-refractivity contribution in [1.29, 1.82) is 0 Å². The van der Waals surface area contributed by atoms with Gasteiger partial charge in [0.15, 0.2) is 0 Å². The molecule has 1 heterocycles. The molecular weight excluding hydrogens is 398 g/mol. The molecule has 0 spiro atoms. The maximum absolute atomic E-state index is 12.8. The summed E-state index contributed by atoms with van der Waals surface area (Å²) >= 11 is 5.93. The molecule has 8 heteroatoms. The number of piperazine rings is 1. The number of amides is 1. The lowest BCUT2D eigenvalue weighted by Crippen LogP contribution is -2.53. The molecule has 1 saturated heterocycles. The SMILES string of the molecule is Cc1ccc(NC(=O)[C@H](C)N2CCN(S(=O)(=O)c3cccc(Cl)c3)CC2)cc1. The van der Waals surface area contributed by atoms with E-state index in [0.29, 0.717) is 31.2 Å². The van der Waals surface area contributed by atoms with E-state index in [0.717, 1.165) is 11.3 Å². The molecule has 1 N–H and O–H groups in total. The van der Waals surface area contributed by atoms with Gasteiger partial charge in [-0.1, -0.05) is 35.4 Å². The molecule has 1 fully saturated rings. The van der Waals surface area contributed by atoms with Crippen LogP contribution in [0.3, 0.4) is 0 Å². The highest BCUT2D eigenvalue weighted by Crippen LogP contribution is 2.21. The van der Waals surface area contributed by atoms with Crippen molar-refractivity contribution in [2.24, 2.45) is 0 Å². The van der Waals surface area contributed by atoms with Gasteiger partial charge in [-0.25, -0.2) is 8.42 Å². The third kappa shape index (κ3) is 4.72. The lowest BCUT2D eigenvalue weighted by atomic mass is 10.2. The smallest absolute Gasteiger partial charge is 0.243 e. The fraction of sp³-hybridized carbons (Fsp3) is 0.350. The fourth-order valence-electron chi connectivity index (χ4n) is 3.16. The van der Waals surface area contributed by atoms with Gasteiger partial charge in [0.05, 0.1) is 10.9 Å². The van der Waals surface area contributed by atoms with E-state index in [9.17, 15) is 13.2 Å². The highest BCUT2D eigenvalue weighted by Gasteiger charge is 2.31. The fourth-order valence-corrected chi connectivity index (χ4v) is 4.88. The van der Waals surface area contributed by atoms with E-state index in [1.807, 2.05) is 43.0 Å². The Bertz CT molecular complexity index is 939. The maximum atomic E-state index is 12.8. The zero-order valence-corrected chi connectivity index (χ0v) is 17.5. The van der Waals surface area contributed by atoms with Crippen molar-refractivity contribution >= 4 is 33.2 Å². The summed E-state index contributed by atoms with van der Waals surface area (Å²) in [4.78, 5) is 14.7. The Morgan fingerprint density at radius 3 is 2.32 bits per heavy atom. The van der Waals surface area contributed by atoms with Crippen LogP contribution in [0.5, 0.6) is 0 Å². The summed E-state index contributed by atoms with van der Waals surface area (Å²) in [6, 6.07) is 13.6. The first-order chi connectivity index (χ1) is 13.3. The Balaban J connectivity index is 1.59. The van der Waals surface area contributed by atoms with Crippen molar-refractivity contribution < 1.29 is 13.2 Å². The standard InChI is InChI=1S/C20H24ClN3O3S/c1-15-6-8-18(9-7-15)22-20(25)16(2)23-10-12-24(13-11-23)28(26,27)19-5-3-4-17(21)14-19/h3-9,14,16H,10-13H2,1-2H3,(H,22,25)/t16-/m0/s1. The molecule has 2 aromatic carbocycles. The van der Waals surface area contributed by atoms with Crippen LogP contribution >= 0.6 is 11.6 Å². The summed E-state index contributed by atoms with van der Waals surface area (Å²) in [5, 5.41) is 3.30. The zero-order chi connectivity index (χ0) is 20.3. The molecule has 3 rings (SSSR count). The van der Waals surface area contributed by atoms with Crippen LogP contribution in [0.25, 0.3) is 0 Å². The number of aryl methyl sites for hydroxylation is 1. The number of nitrogens with one attached hydrogen (secondary N) is 1. The largest absolute Gasteiger partial charge is 0.325 e. The third-order valence-corrected chi connectivity index (χ3v) is 7.08. The Morgan fingerprint density at radius 1 is 1.07 bits per heavy atom. The van der Waals surface area contributed by atoms with E-state index in [1.165, 1.54) is 10.4 Å². The molecule has 0 saturated carbocycles. The van der Waals surface area contributed by atoms with Gasteiger partial charge in [-0.15, -0.1) is 0 Å². The van der Waals surface area contributed by atoms with Crippen LogP contribution in [-0.2, 0) is 14.8 Å². The second-order valence-corrected chi connectivity index (χ2v) is 9.30. The Kier molecular flexibility index (Phi) is 6.40. The van der Waals surface area contributed by atoms with Gasteiger partial charge in [0, 0.05) is 36.9 Å². The summed E-state index contributed by atoms with van der Waals surface area (Å²) in [5.74, 6) is -0.102. The lowest BCUT2D eigenvalue weighted by Gasteiger charge is -2.36. The van der Waals surface area contributed by atoms with Crippen LogP contribution in [0.4, 0.5) is 5.69 Å². The average Bonchev–Trinajstić information content (AvgIpc) is 2.69. The van der Waals surface area contributed by atoms with E-state index in [-0.39, 0.29) is 16.8 Å². The van der Waals surface area contributed by atoms with Crippen molar-refractivity contribution in [2.45, 2.75) is 24.8 Å². The number of rotatable bonds is 5. The maximum Gasteiger partial charge on any atom is 0.243 e. The van der Waals surface area contributed by atoms with Gasteiger partial charge >= 0.3 is 0 Å². The topological polar surface area (TPSA) is 69.7 Å². The number of carbonyl (C=O) groups is 1. The van der Waals surface area contributed by atoms with E-state index in [2.05, 4.69) is 5.32 Å². The lowest BCUT2D eigenvalue weighted by molar-refractivity contribution is -0.121. The number of hydrogen-bond donors (Lipinski definition) is 1. The van der Waals surface area contributed by atoms with Gasteiger partial charge in [-0.3, -0.25) is 9.69 Å². The molecule has 28 heavy (non-hydrogen) atoms. The number of nitrogens with zero attached hydrogens (tertiary/aromatic N) is 2. The number of benzene rings is 2. The number of hydrogen-bond acceptors (Lipinski definition) is 4. The van der Waals surface area contributed by atoms with Crippen LogP contribution < -0.4 is 5.32 Å². The first-order valence-corrected chi connectivity index (χ1v) is 11.0. The van der Waals surface area contributed by atoms with Crippen LogP contribution in [0, 0.1) is 6.92 Å². The molecule has 1 aliphatic heterocycles. The molecular formula is C20H24ClN3O3S. The van der Waals surface area contributed by atoms with Crippen molar-refractivity contribution in [3.63, 3.8) is 0 Å². The number of sulfonamides is 1. The van der Waals surface area contributed by atoms with Gasteiger partial charge in [-0.2, -0.15) is 4.31 Å². The van der Waals surface area contributed by atoms with Crippen molar-refractivity contribution in [3.8, 4) is 0 Å². The average molecular weight is 422 g/mol. The summed E-state index contributed by atoms with van der Waals surface area (Å²) < 4.78 is 27.0. The first kappa shape index (κ1) is 20.8. The number of anilines is 1. The predicted octanol–water partition coefficient (Wildman–Crippen LogP) is 2.98. The Hall–Kier alpha value is -1.93. The van der Waals surface area contributed by atoms with Crippen LogP contribution in [-0.4, -0.2) is 55.8 Å². The first-order valence-electron chi connectivity index (χ1n) is 9.15. The predicted molar refractivity (Wildman–Crippen MR) is 111 cm³/mol. The molecule has 1 amide bonds. The summed E-state index contributed by atoms with van der Waals surface area (Å²) in [6.07, 6.45) is 0. The van der Waals surface area contributed by atoms with E-state index in [1.54, 1.807) is 18.2 Å². The second kappa shape index (κ2) is 8.61. The third-order valence-electron chi connectivity index (χ3n) is 4.95. The van der Waals surface area contributed by atoms with Crippen LogP contribution in [0.15, 0.2) is 53.4 Å². The van der Waals surface area contributed by atoms with Gasteiger partial charge in [0.2, 0.25) is 15.9 Å². The zero-order valence-electron chi connectivity index (χ0n) is 15.9. The Labute approximate surface area is 171 Å². The highest BCUT2D eigenvalue weighted by molar-refractivity contribution is 7.89. The summed E-state index contributed by atoms with van der Waals surface area (Å²) in [7, 11) is -3.58. The van der Waals surface area contributed by atoms with E-state index < -0.39 is 10.0 Å². The minimum absolute atomic E-state index is 0.102. The molecule has 1 atom stereocenters. The van der Waals surface area contributed by atoms with Crippen LogP contribution in [0.1, 0.15) is 12.5 Å². The van der Waals surface area contributed by atoms with Crippen molar-refractivity contribution in [2.75, 3.05) is 31.5 Å². The van der Waals surface area contributed by atoms with Crippen LogP contribution in [0.2, 0.25) is 5.02 Å². The normalized spacial score (nSPS) is 17.2. The van der Waals surface area contributed by atoms with E-state index >= 15 is 0 Å². The van der Waals surface area contributed by atoms with Gasteiger partial charge in [0.25, 0.3) is 0 Å². The van der Waals surface area contributed by atoms with Gasteiger partial charge < -0.3 is 5.32 Å². The number of halogens is 1. The highest BCUT2D eigenvalue weighted by atomic mass is 35.5. The van der Waals surface area contributed by atoms with Crippen molar-refractivity contribution in [3.05, 3.63) is 59.1 Å². The molecule has 0 aromatic heterocycles. The summed E-state index contributed by atoms with van der Waals surface area (Å²) in [6.45, 7) is 5.47. The molecule has 1 aliphatic rings. The number of carbonyl (C=O) groups excluding carboxylic acids is 1. The van der Waals surface area contributed by atoms with Gasteiger partial charge in [-0.05, 0) is 44.2 Å². The minimum Gasteiger partial charge on any atom is -0.325 e. The molecule has 0 aliphatic carbocycles. The molecule has 6 nitrogen and oxygen atoms in total. The minimum atomic E-state index is -3.58. The molecule has 0 radical (unpaired) electrons. The van der Waals surface area contributed by atoms with Crippen molar-refractivity contribution in [1.82, 2.24) is 9.21 Å². The monoisotopic (exact) mass is 421 g/mol. The second-order valence-electron chi connectivity index (χ2n) is 6.93. The van der Waals surface area contributed by atoms with Gasteiger partial charge in [0.1, 0.15) is 0 Å². The van der Waals surface area contributed by atoms with E-state index in [4.69, 9.17) is 11.6 Å². The molecule has 0 unspecified atom stereocenters. The quantitative estimate of drug-likeness (QED) is 0.805. The Morgan fingerprint density at radius 2 is 1.71 bits per heavy atom.